The van der Waals surface area contributed by atoms with E-state index in [1.54, 1.807) is 0 Å². The quantitative estimate of drug-likeness (QED) is 0.640. The molecule has 2 nitrogen and oxygen atoms in total. The first-order valence-corrected chi connectivity index (χ1v) is 3.44. The van der Waals surface area contributed by atoms with Crippen LogP contribution < -0.4 is 4.65 Å². The maximum atomic E-state index is 8.39. The SMILES string of the molecule is Cc1ccc(C)c(O[B]O)c1. The number of aryl methyl sites for hydroxylation is 2. The zero-order valence-corrected chi connectivity index (χ0v) is 6.66. The third-order valence-electron chi connectivity index (χ3n) is 1.52. The molecule has 0 heterocycles. The van der Waals surface area contributed by atoms with Crippen molar-refractivity contribution in [3.05, 3.63) is 29.3 Å². The van der Waals surface area contributed by atoms with E-state index in [4.69, 9.17) is 9.68 Å². The second-order valence-electron chi connectivity index (χ2n) is 2.49. The Bertz CT molecular complexity index is 248. The lowest BCUT2D eigenvalue weighted by Gasteiger charge is -2.05. The summed E-state index contributed by atoms with van der Waals surface area (Å²) in [7, 11) is 0.696. The number of rotatable bonds is 2. The minimum Gasteiger partial charge on any atom is -0.537 e. The molecule has 0 aliphatic heterocycles. The summed E-state index contributed by atoms with van der Waals surface area (Å²) < 4.78 is 4.85. The van der Waals surface area contributed by atoms with E-state index < -0.39 is 0 Å². The van der Waals surface area contributed by atoms with E-state index in [0.29, 0.717) is 13.4 Å². The highest BCUT2D eigenvalue weighted by molar-refractivity contribution is 6.17. The van der Waals surface area contributed by atoms with E-state index in [0.717, 1.165) is 11.1 Å². The van der Waals surface area contributed by atoms with Gasteiger partial charge in [-0.3, -0.25) is 0 Å². The molecule has 1 radical (unpaired) electrons. The largest absolute Gasteiger partial charge is 0.569 e. The van der Waals surface area contributed by atoms with Crippen molar-refractivity contribution in [2.24, 2.45) is 0 Å². The van der Waals surface area contributed by atoms with Crippen molar-refractivity contribution in [2.75, 3.05) is 0 Å². The normalized spacial score (nSPS) is 9.36. The second kappa shape index (κ2) is 3.44. The van der Waals surface area contributed by atoms with Crippen LogP contribution in [0.15, 0.2) is 18.2 Å². The van der Waals surface area contributed by atoms with Gasteiger partial charge in [-0.1, -0.05) is 12.1 Å². The fourth-order valence-corrected chi connectivity index (χ4v) is 0.891. The van der Waals surface area contributed by atoms with Gasteiger partial charge in [0.15, 0.2) is 0 Å². The predicted octanol–water partition coefficient (Wildman–Crippen LogP) is 1.21. The molecule has 0 atom stereocenters. The van der Waals surface area contributed by atoms with Gasteiger partial charge in [0.2, 0.25) is 0 Å². The smallest absolute Gasteiger partial charge is 0.537 e. The predicted molar refractivity (Wildman–Crippen MR) is 44.5 cm³/mol. The maximum Gasteiger partial charge on any atom is 0.569 e. The number of benzene rings is 1. The summed E-state index contributed by atoms with van der Waals surface area (Å²) in [6.07, 6.45) is 0. The van der Waals surface area contributed by atoms with Gasteiger partial charge in [-0.2, -0.15) is 0 Å². The van der Waals surface area contributed by atoms with Gasteiger partial charge in [-0.15, -0.1) is 0 Å². The zero-order chi connectivity index (χ0) is 8.27. The third-order valence-corrected chi connectivity index (χ3v) is 1.52. The number of hydrogen-bond acceptors (Lipinski definition) is 2. The van der Waals surface area contributed by atoms with Crippen molar-refractivity contribution in [1.29, 1.82) is 0 Å². The van der Waals surface area contributed by atoms with Crippen LogP contribution in [-0.4, -0.2) is 12.7 Å². The summed E-state index contributed by atoms with van der Waals surface area (Å²) in [5.41, 5.74) is 2.13. The number of hydrogen-bond donors (Lipinski definition) is 1. The van der Waals surface area contributed by atoms with E-state index in [-0.39, 0.29) is 0 Å². The van der Waals surface area contributed by atoms with Gasteiger partial charge in [0, 0.05) is 0 Å². The van der Waals surface area contributed by atoms with Crippen molar-refractivity contribution in [3.63, 3.8) is 0 Å². The molecular weight excluding hydrogens is 139 g/mol. The van der Waals surface area contributed by atoms with Gasteiger partial charge in [0.25, 0.3) is 0 Å². The van der Waals surface area contributed by atoms with Crippen LogP contribution in [0.3, 0.4) is 0 Å². The van der Waals surface area contributed by atoms with E-state index in [1.165, 1.54) is 0 Å². The highest BCUT2D eigenvalue weighted by Crippen LogP contribution is 2.17. The van der Waals surface area contributed by atoms with Crippen LogP contribution in [0.4, 0.5) is 0 Å². The summed E-state index contributed by atoms with van der Waals surface area (Å²) in [6, 6.07) is 5.83. The van der Waals surface area contributed by atoms with Crippen molar-refractivity contribution in [1.82, 2.24) is 0 Å². The lowest BCUT2D eigenvalue weighted by molar-refractivity contribution is 0.451. The monoisotopic (exact) mass is 149 g/mol. The average Bonchev–Trinajstić information content (AvgIpc) is 1.98. The molecule has 0 spiro atoms. The standard InChI is InChI=1S/C8H10BO2/c1-6-3-4-7(2)8(5-6)11-9-10/h3-5,10H,1-2H3. The van der Waals surface area contributed by atoms with Crippen LogP contribution in [0, 0.1) is 13.8 Å². The summed E-state index contributed by atoms with van der Waals surface area (Å²) in [4.78, 5) is 0. The first-order valence-electron chi connectivity index (χ1n) is 3.44. The molecule has 0 bridgehead atoms. The lowest BCUT2D eigenvalue weighted by Crippen LogP contribution is -2.01. The van der Waals surface area contributed by atoms with Crippen LogP contribution in [0.1, 0.15) is 11.1 Å². The first kappa shape index (κ1) is 8.14. The Balaban J connectivity index is 2.93. The fourth-order valence-electron chi connectivity index (χ4n) is 0.891. The summed E-state index contributed by atoms with van der Waals surface area (Å²) in [6.45, 7) is 3.90. The van der Waals surface area contributed by atoms with E-state index in [1.807, 2.05) is 32.0 Å². The van der Waals surface area contributed by atoms with Crippen molar-refractivity contribution >= 4 is 7.69 Å². The van der Waals surface area contributed by atoms with Crippen molar-refractivity contribution in [3.8, 4) is 5.75 Å². The zero-order valence-electron chi connectivity index (χ0n) is 6.66. The molecule has 0 aliphatic rings. The minimum absolute atomic E-state index is 0.696. The van der Waals surface area contributed by atoms with Gasteiger partial charge >= 0.3 is 7.69 Å². The highest BCUT2D eigenvalue weighted by atomic mass is 16.5. The topological polar surface area (TPSA) is 29.5 Å². The maximum absolute atomic E-state index is 8.39. The summed E-state index contributed by atoms with van der Waals surface area (Å²) >= 11 is 0. The second-order valence-corrected chi connectivity index (χ2v) is 2.49. The molecule has 1 aromatic carbocycles. The Hall–Kier alpha value is -0.955. The van der Waals surface area contributed by atoms with E-state index in [2.05, 4.69) is 0 Å². The highest BCUT2D eigenvalue weighted by Gasteiger charge is 1.98. The molecule has 0 aromatic heterocycles. The fraction of sp³-hybridized carbons (Fsp3) is 0.250. The Labute approximate surface area is 67.1 Å². The molecular formula is C8H10BO2. The average molecular weight is 149 g/mol. The van der Waals surface area contributed by atoms with Crippen LogP contribution in [0.25, 0.3) is 0 Å². The van der Waals surface area contributed by atoms with Gasteiger partial charge in [-0.05, 0) is 31.0 Å². The summed E-state index contributed by atoms with van der Waals surface area (Å²) in [5, 5.41) is 8.39. The Kier molecular flexibility index (Phi) is 2.55. The molecule has 1 N–H and O–H groups in total. The Morgan fingerprint density at radius 3 is 2.73 bits per heavy atom. The molecule has 0 saturated heterocycles. The van der Waals surface area contributed by atoms with Crippen molar-refractivity contribution in [2.45, 2.75) is 13.8 Å². The third kappa shape index (κ3) is 1.98. The Morgan fingerprint density at radius 1 is 1.36 bits per heavy atom. The van der Waals surface area contributed by atoms with Gasteiger partial charge in [-0.25, -0.2) is 0 Å². The van der Waals surface area contributed by atoms with Crippen LogP contribution >= 0.6 is 0 Å². The molecule has 1 rings (SSSR count). The molecule has 1 aromatic rings. The molecule has 0 aliphatic carbocycles. The van der Waals surface area contributed by atoms with Gasteiger partial charge in [0.05, 0.1) is 0 Å². The van der Waals surface area contributed by atoms with Gasteiger partial charge in [0.1, 0.15) is 5.75 Å². The van der Waals surface area contributed by atoms with Gasteiger partial charge < -0.3 is 9.68 Å². The van der Waals surface area contributed by atoms with Crippen LogP contribution in [0.2, 0.25) is 0 Å². The molecule has 0 unspecified atom stereocenters. The summed E-state index contributed by atoms with van der Waals surface area (Å²) in [5.74, 6) is 0.701. The molecule has 11 heavy (non-hydrogen) atoms. The van der Waals surface area contributed by atoms with E-state index in [9.17, 15) is 0 Å². The molecule has 3 heteroatoms. The molecule has 0 amide bonds. The molecule has 0 saturated carbocycles. The lowest BCUT2D eigenvalue weighted by atomic mass is 10.1. The molecule has 57 valence electrons. The van der Waals surface area contributed by atoms with Crippen LogP contribution in [-0.2, 0) is 0 Å². The van der Waals surface area contributed by atoms with Crippen LogP contribution in [0.5, 0.6) is 5.75 Å². The van der Waals surface area contributed by atoms with E-state index >= 15 is 0 Å². The Morgan fingerprint density at radius 2 is 2.09 bits per heavy atom. The first-order chi connectivity index (χ1) is 5.24. The molecule has 0 fully saturated rings. The minimum atomic E-state index is 0.696. The van der Waals surface area contributed by atoms with Crippen molar-refractivity contribution < 1.29 is 9.68 Å².